The molecular formula is C19H28ClN3S. The van der Waals surface area contributed by atoms with Crippen LogP contribution in [0.15, 0.2) is 17.3 Å². The maximum Gasteiger partial charge on any atom is 0.166 e. The standard InChI is InChI=1S/C19H28ClN3S/c1-4-14(5-2)24-19-21-17-11-15(16(20)12-18(17)22-19)13-7-9-23(6-3)10-8-13/h11-14H,4-10H2,1-3H3,(H,21,22). The van der Waals surface area contributed by atoms with Crippen molar-refractivity contribution in [2.24, 2.45) is 0 Å². The molecule has 132 valence electrons. The van der Waals surface area contributed by atoms with Gasteiger partial charge >= 0.3 is 0 Å². The minimum Gasteiger partial charge on any atom is -0.333 e. The normalized spacial score (nSPS) is 17.2. The Morgan fingerprint density at radius 3 is 2.58 bits per heavy atom. The number of halogens is 1. The van der Waals surface area contributed by atoms with E-state index >= 15 is 0 Å². The Bertz CT molecular complexity index is 673. The lowest BCUT2D eigenvalue weighted by atomic mass is 9.89. The summed E-state index contributed by atoms with van der Waals surface area (Å²) in [4.78, 5) is 10.8. The number of hydrogen-bond donors (Lipinski definition) is 1. The summed E-state index contributed by atoms with van der Waals surface area (Å²) in [6, 6.07) is 4.29. The van der Waals surface area contributed by atoms with Crippen molar-refractivity contribution in [2.45, 2.75) is 62.8 Å². The number of H-pyrrole nitrogens is 1. The zero-order chi connectivity index (χ0) is 17.1. The first-order valence-electron chi connectivity index (χ1n) is 9.22. The summed E-state index contributed by atoms with van der Waals surface area (Å²) in [6.07, 6.45) is 4.73. The van der Waals surface area contributed by atoms with Gasteiger partial charge in [0.05, 0.1) is 11.0 Å². The molecule has 0 radical (unpaired) electrons. The Morgan fingerprint density at radius 2 is 1.96 bits per heavy atom. The molecule has 0 bridgehead atoms. The topological polar surface area (TPSA) is 31.9 Å². The molecule has 1 aliphatic rings. The number of likely N-dealkylation sites (tertiary alicyclic amines) is 1. The van der Waals surface area contributed by atoms with Crippen LogP contribution in [0.4, 0.5) is 0 Å². The molecular weight excluding hydrogens is 338 g/mol. The van der Waals surface area contributed by atoms with Crippen LogP contribution in [0.25, 0.3) is 11.0 Å². The number of piperidine rings is 1. The average Bonchev–Trinajstić information content (AvgIpc) is 3.00. The summed E-state index contributed by atoms with van der Waals surface area (Å²) < 4.78 is 0. The van der Waals surface area contributed by atoms with Crippen LogP contribution >= 0.6 is 23.4 Å². The van der Waals surface area contributed by atoms with E-state index in [-0.39, 0.29) is 0 Å². The molecule has 1 N–H and O–H groups in total. The molecule has 5 heteroatoms. The van der Waals surface area contributed by atoms with Gasteiger partial charge in [0.2, 0.25) is 0 Å². The summed E-state index contributed by atoms with van der Waals surface area (Å²) >= 11 is 8.45. The van der Waals surface area contributed by atoms with Crippen LogP contribution in [0, 0.1) is 0 Å². The molecule has 2 heterocycles. The smallest absolute Gasteiger partial charge is 0.166 e. The molecule has 0 unspecified atom stereocenters. The van der Waals surface area contributed by atoms with Gasteiger partial charge < -0.3 is 9.88 Å². The fourth-order valence-corrected chi connectivity index (χ4v) is 4.85. The Hall–Kier alpha value is -0.710. The van der Waals surface area contributed by atoms with Crippen LogP contribution in [0.1, 0.15) is 57.9 Å². The zero-order valence-corrected chi connectivity index (χ0v) is 16.5. The summed E-state index contributed by atoms with van der Waals surface area (Å²) in [5.74, 6) is 0.572. The average molecular weight is 366 g/mol. The van der Waals surface area contributed by atoms with Crippen molar-refractivity contribution in [1.29, 1.82) is 0 Å². The van der Waals surface area contributed by atoms with Gasteiger partial charge in [0.25, 0.3) is 0 Å². The van der Waals surface area contributed by atoms with Crippen molar-refractivity contribution >= 4 is 34.4 Å². The number of rotatable bonds is 6. The molecule has 3 rings (SSSR count). The van der Waals surface area contributed by atoms with Crippen molar-refractivity contribution in [2.75, 3.05) is 19.6 Å². The number of hydrogen-bond acceptors (Lipinski definition) is 3. The predicted octanol–water partition coefficient (Wildman–Crippen LogP) is 5.70. The molecule has 1 saturated heterocycles. The van der Waals surface area contributed by atoms with Gasteiger partial charge in [0, 0.05) is 10.3 Å². The minimum absolute atomic E-state index is 0.572. The molecule has 0 saturated carbocycles. The number of thioether (sulfide) groups is 1. The summed E-state index contributed by atoms with van der Waals surface area (Å²) in [5, 5.41) is 2.52. The second kappa shape index (κ2) is 8.11. The van der Waals surface area contributed by atoms with Crippen molar-refractivity contribution in [3.05, 3.63) is 22.7 Å². The molecule has 3 nitrogen and oxygen atoms in total. The molecule has 0 aliphatic carbocycles. The fourth-order valence-electron chi connectivity index (χ4n) is 3.57. The first-order chi connectivity index (χ1) is 11.6. The molecule has 0 atom stereocenters. The first kappa shape index (κ1) is 18.1. The lowest BCUT2D eigenvalue weighted by Crippen LogP contribution is -2.32. The third-order valence-electron chi connectivity index (χ3n) is 5.24. The highest BCUT2D eigenvalue weighted by atomic mass is 35.5. The summed E-state index contributed by atoms with van der Waals surface area (Å²) in [7, 11) is 0. The van der Waals surface area contributed by atoms with Gasteiger partial charge in [-0.05, 0) is 68.9 Å². The summed E-state index contributed by atoms with van der Waals surface area (Å²) in [6.45, 7) is 10.2. The van der Waals surface area contributed by atoms with Crippen LogP contribution in [0.5, 0.6) is 0 Å². The molecule has 1 aromatic carbocycles. The monoisotopic (exact) mass is 365 g/mol. The number of nitrogens with zero attached hydrogens (tertiary/aromatic N) is 2. The van der Waals surface area contributed by atoms with Crippen LogP contribution < -0.4 is 0 Å². The third-order valence-corrected chi connectivity index (χ3v) is 6.99. The van der Waals surface area contributed by atoms with E-state index in [1.165, 1.54) is 44.3 Å². The van der Waals surface area contributed by atoms with E-state index in [1.54, 1.807) is 0 Å². The van der Waals surface area contributed by atoms with Crippen molar-refractivity contribution in [3.63, 3.8) is 0 Å². The number of aromatic nitrogens is 2. The number of aromatic amines is 1. The molecule has 1 fully saturated rings. The van der Waals surface area contributed by atoms with Crippen molar-refractivity contribution < 1.29 is 0 Å². The molecule has 1 aromatic heterocycles. The van der Waals surface area contributed by atoms with Crippen molar-refractivity contribution in [1.82, 2.24) is 14.9 Å². The highest BCUT2D eigenvalue weighted by Crippen LogP contribution is 2.36. The molecule has 24 heavy (non-hydrogen) atoms. The van der Waals surface area contributed by atoms with Gasteiger partial charge in [-0.1, -0.05) is 44.1 Å². The maximum atomic E-state index is 6.60. The predicted molar refractivity (Wildman–Crippen MR) is 105 cm³/mol. The van der Waals surface area contributed by atoms with Gasteiger partial charge in [-0.2, -0.15) is 0 Å². The first-order valence-corrected chi connectivity index (χ1v) is 10.5. The minimum atomic E-state index is 0.572. The Balaban J connectivity index is 1.81. The van der Waals surface area contributed by atoms with E-state index in [9.17, 15) is 0 Å². The largest absolute Gasteiger partial charge is 0.333 e. The van der Waals surface area contributed by atoms with Gasteiger partial charge in [-0.25, -0.2) is 4.98 Å². The zero-order valence-electron chi connectivity index (χ0n) is 14.9. The maximum absolute atomic E-state index is 6.60. The quantitative estimate of drug-likeness (QED) is 0.666. The van der Waals surface area contributed by atoms with E-state index < -0.39 is 0 Å². The lowest BCUT2D eigenvalue weighted by molar-refractivity contribution is 0.222. The van der Waals surface area contributed by atoms with Crippen LogP contribution in [-0.4, -0.2) is 39.8 Å². The van der Waals surface area contributed by atoms with E-state index in [4.69, 9.17) is 16.6 Å². The molecule has 0 spiro atoms. The number of nitrogens with one attached hydrogen (secondary N) is 1. The molecule has 2 aromatic rings. The van der Waals surface area contributed by atoms with Crippen LogP contribution in [0.2, 0.25) is 5.02 Å². The van der Waals surface area contributed by atoms with E-state index in [2.05, 4.69) is 36.7 Å². The summed E-state index contributed by atoms with van der Waals surface area (Å²) in [5.41, 5.74) is 3.41. The third kappa shape index (κ3) is 3.92. The second-order valence-corrected chi connectivity index (χ2v) is 8.39. The van der Waals surface area contributed by atoms with Crippen molar-refractivity contribution in [3.8, 4) is 0 Å². The van der Waals surface area contributed by atoms with Crippen LogP contribution in [0.3, 0.4) is 0 Å². The van der Waals surface area contributed by atoms with Gasteiger partial charge in [0.1, 0.15) is 0 Å². The SMILES string of the molecule is CCC(CC)Sc1nc2cc(Cl)c(C3CCN(CC)CC3)cc2[nH]1. The number of benzene rings is 1. The van der Waals surface area contributed by atoms with E-state index in [0.717, 1.165) is 27.8 Å². The fraction of sp³-hybridized carbons (Fsp3) is 0.632. The second-order valence-electron chi connectivity index (χ2n) is 6.70. The molecule has 0 amide bonds. The van der Waals surface area contributed by atoms with E-state index in [0.29, 0.717) is 11.2 Å². The van der Waals surface area contributed by atoms with Gasteiger partial charge in [-0.3, -0.25) is 0 Å². The Kier molecular flexibility index (Phi) is 6.12. The number of fused-ring (bicyclic) bond motifs is 1. The Morgan fingerprint density at radius 1 is 1.25 bits per heavy atom. The van der Waals surface area contributed by atoms with Gasteiger partial charge in [-0.15, -0.1) is 0 Å². The highest BCUT2D eigenvalue weighted by molar-refractivity contribution is 7.99. The molecule has 1 aliphatic heterocycles. The number of imidazole rings is 1. The Labute approximate surface area is 154 Å². The van der Waals surface area contributed by atoms with Gasteiger partial charge in [0.15, 0.2) is 5.16 Å². The lowest BCUT2D eigenvalue weighted by Gasteiger charge is -2.31. The van der Waals surface area contributed by atoms with Crippen LogP contribution in [-0.2, 0) is 0 Å². The van der Waals surface area contributed by atoms with E-state index in [1.807, 2.05) is 17.8 Å². The highest BCUT2D eigenvalue weighted by Gasteiger charge is 2.22.